The van der Waals surface area contributed by atoms with Crippen LogP contribution in [0.25, 0.3) is 6.08 Å². The summed E-state index contributed by atoms with van der Waals surface area (Å²) < 4.78 is 16.3. The Morgan fingerprint density at radius 1 is 1.13 bits per heavy atom. The summed E-state index contributed by atoms with van der Waals surface area (Å²) in [4.78, 5) is 0. The molecule has 0 aromatic heterocycles. The molecule has 0 fully saturated rings. The topological polar surface area (TPSA) is 65.7 Å². The van der Waals surface area contributed by atoms with E-state index in [1.54, 1.807) is 21.3 Å². The molecule has 0 saturated carbocycles. The standard InChI is InChI=1S/C17H30N2O3Si/c1-15(18)17(11-8-14-23(20-2,21-3)22-4)19-13-12-16-9-6-5-7-10-16/h5-7,9-10,12-13,15,17,19H,8,11,14,18H2,1-4H3. The fourth-order valence-electron chi connectivity index (χ4n) is 2.42. The van der Waals surface area contributed by atoms with E-state index in [-0.39, 0.29) is 12.1 Å². The Morgan fingerprint density at radius 3 is 2.26 bits per heavy atom. The van der Waals surface area contributed by atoms with Gasteiger partial charge < -0.3 is 24.3 Å². The van der Waals surface area contributed by atoms with Crippen LogP contribution in [0.2, 0.25) is 6.04 Å². The van der Waals surface area contributed by atoms with E-state index in [0.29, 0.717) is 0 Å². The largest absolute Gasteiger partial charge is 0.500 e. The molecular weight excluding hydrogens is 308 g/mol. The zero-order valence-corrected chi connectivity index (χ0v) is 15.6. The lowest BCUT2D eigenvalue weighted by Gasteiger charge is -2.26. The molecule has 0 saturated heterocycles. The van der Waals surface area contributed by atoms with Gasteiger partial charge in [-0.3, -0.25) is 0 Å². The summed E-state index contributed by atoms with van der Waals surface area (Å²) in [5, 5.41) is 3.40. The summed E-state index contributed by atoms with van der Waals surface area (Å²) in [5.74, 6) is 0. The van der Waals surface area contributed by atoms with E-state index in [9.17, 15) is 0 Å². The highest BCUT2D eigenvalue weighted by molar-refractivity contribution is 6.60. The number of hydrogen-bond donors (Lipinski definition) is 2. The molecule has 1 aromatic carbocycles. The number of rotatable bonds is 11. The van der Waals surface area contributed by atoms with Crippen LogP contribution in [-0.2, 0) is 13.3 Å². The summed E-state index contributed by atoms with van der Waals surface area (Å²) in [6.45, 7) is 2.02. The predicted octanol–water partition coefficient (Wildman–Crippen LogP) is 2.62. The van der Waals surface area contributed by atoms with Crippen LogP contribution in [0.15, 0.2) is 36.5 Å². The summed E-state index contributed by atoms with van der Waals surface area (Å²) >= 11 is 0. The first kappa shape index (κ1) is 19.9. The van der Waals surface area contributed by atoms with Gasteiger partial charge in [-0.25, -0.2) is 0 Å². The first-order valence-corrected chi connectivity index (χ1v) is 9.88. The summed E-state index contributed by atoms with van der Waals surface area (Å²) in [5.41, 5.74) is 7.24. The Bertz CT molecular complexity index is 442. The highest BCUT2D eigenvalue weighted by atomic mass is 28.4. The van der Waals surface area contributed by atoms with Gasteiger partial charge in [-0.05, 0) is 37.6 Å². The summed E-state index contributed by atoms with van der Waals surface area (Å²) in [7, 11) is 2.44. The van der Waals surface area contributed by atoms with Gasteiger partial charge in [-0.1, -0.05) is 30.3 Å². The van der Waals surface area contributed by atoms with E-state index < -0.39 is 8.80 Å². The van der Waals surface area contributed by atoms with Gasteiger partial charge in [0.15, 0.2) is 0 Å². The van der Waals surface area contributed by atoms with Crippen molar-refractivity contribution in [3.8, 4) is 0 Å². The first-order chi connectivity index (χ1) is 11.1. The van der Waals surface area contributed by atoms with Crippen LogP contribution >= 0.6 is 0 Å². The van der Waals surface area contributed by atoms with E-state index in [1.807, 2.05) is 37.4 Å². The van der Waals surface area contributed by atoms with Crippen molar-refractivity contribution in [1.29, 1.82) is 0 Å². The Kier molecular flexibility index (Phi) is 9.12. The second-order valence-electron chi connectivity index (χ2n) is 5.56. The average Bonchev–Trinajstić information content (AvgIpc) is 2.58. The average molecular weight is 339 g/mol. The Hall–Kier alpha value is -1.18. The molecular formula is C17H30N2O3Si. The second-order valence-corrected chi connectivity index (χ2v) is 8.65. The number of benzene rings is 1. The monoisotopic (exact) mass is 338 g/mol. The van der Waals surface area contributed by atoms with Crippen LogP contribution < -0.4 is 11.1 Å². The summed E-state index contributed by atoms with van der Waals surface area (Å²) in [6, 6.07) is 11.2. The lowest BCUT2D eigenvalue weighted by Crippen LogP contribution is -2.44. The van der Waals surface area contributed by atoms with Crippen LogP contribution in [0, 0.1) is 0 Å². The molecule has 0 bridgehead atoms. The van der Waals surface area contributed by atoms with Crippen LogP contribution in [0.5, 0.6) is 0 Å². The minimum absolute atomic E-state index is 0.0547. The Labute approximate surface area is 141 Å². The van der Waals surface area contributed by atoms with Gasteiger partial charge in [-0.2, -0.15) is 0 Å². The van der Waals surface area contributed by atoms with Crippen molar-refractivity contribution in [2.45, 2.75) is 37.9 Å². The maximum absolute atomic E-state index is 6.08. The third-order valence-corrected chi connectivity index (χ3v) is 6.78. The molecule has 130 valence electrons. The molecule has 6 heteroatoms. The fourth-order valence-corrected chi connectivity index (χ4v) is 4.17. The maximum Gasteiger partial charge on any atom is 0.500 e. The van der Waals surface area contributed by atoms with Gasteiger partial charge in [0.1, 0.15) is 0 Å². The number of nitrogens with one attached hydrogen (secondary N) is 1. The maximum atomic E-state index is 6.08. The summed E-state index contributed by atoms with van der Waals surface area (Å²) in [6.07, 6.45) is 5.88. The molecule has 1 rings (SSSR count). The van der Waals surface area contributed by atoms with Crippen molar-refractivity contribution in [3.05, 3.63) is 42.1 Å². The van der Waals surface area contributed by atoms with E-state index in [4.69, 9.17) is 19.0 Å². The quantitative estimate of drug-likeness (QED) is 0.607. The minimum atomic E-state index is -2.49. The Balaban J connectivity index is 2.48. The van der Waals surface area contributed by atoms with Gasteiger partial charge >= 0.3 is 8.80 Å². The molecule has 0 aliphatic carbocycles. The van der Waals surface area contributed by atoms with Gasteiger partial charge in [0.2, 0.25) is 0 Å². The molecule has 2 atom stereocenters. The molecule has 0 amide bonds. The van der Waals surface area contributed by atoms with E-state index >= 15 is 0 Å². The van der Waals surface area contributed by atoms with E-state index in [0.717, 1.165) is 24.4 Å². The highest BCUT2D eigenvalue weighted by Gasteiger charge is 2.37. The number of nitrogens with two attached hydrogens (primary N) is 1. The van der Waals surface area contributed by atoms with Crippen LogP contribution in [0.4, 0.5) is 0 Å². The molecule has 2 unspecified atom stereocenters. The van der Waals surface area contributed by atoms with E-state index in [1.165, 1.54) is 0 Å². The van der Waals surface area contributed by atoms with Gasteiger partial charge in [-0.15, -0.1) is 0 Å². The molecule has 3 N–H and O–H groups in total. The van der Waals surface area contributed by atoms with Gasteiger partial charge in [0.05, 0.1) is 0 Å². The second kappa shape index (κ2) is 10.6. The van der Waals surface area contributed by atoms with Crippen molar-refractivity contribution >= 4 is 14.9 Å². The molecule has 0 spiro atoms. The van der Waals surface area contributed by atoms with Crippen molar-refractivity contribution in [2.75, 3.05) is 21.3 Å². The van der Waals surface area contributed by atoms with Crippen molar-refractivity contribution in [3.63, 3.8) is 0 Å². The van der Waals surface area contributed by atoms with Crippen LogP contribution in [0.3, 0.4) is 0 Å². The van der Waals surface area contributed by atoms with Crippen molar-refractivity contribution in [1.82, 2.24) is 5.32 Å². The molecule has 0 aliphatic rings. The van der Waals surface area contributed by atoms with Gasteiger partial charge in [0, 0.05) is 39.5 Å². The highest BCUT2D eigenvalue weighted by Crippen LogP contribution is 2.17. The van der Waals surface area contributed by atoms with Crippen LogP contribution in [0.1, 0.15) is 25.3 Å². The van der Waals surface area contributed by atoms with E-state index in [2.05, 4.69) is 17.4 Å². The third kappa shape index (κ3) is 6.84. The number of hydrogen-bond acceptors (Lipinski definition) is 5. The third-order valence-electron chi connectivity index (χ3n) is 3.95. The molecule has 23 heavy (non-hydrogen) atoms. The molecule has 1 aromatic rings. The zero-order chi connectivity index (χ0) is 17.1. The molecule has 0 radical (unpaired) electrons. The molecule has 0 heterocycles. The van der Waals surface area contributed by atoms with Crippen molar-refractivity contribution < 1.29 is 13.3 Å². The van der Waals surface area contributed by atoms with Gasteiger partial charge in [0.25, 0.3) is 0 Å². The Morgan fingerprint density at radius 2 is 1.74 bits per heavy atom. The minimum Gasteiger partial charge on any atom is -0.387 e. The predicted molar refractivity (Wildman–Crippen MR) is 96.9 cm³/mol. The molecule has 5 nitrogen and oxygen atoms in total. The van der Waals surface area contributed by atoms with Crippen LogP contribution in [-0.4, -0.2) is 42.2 Å². The smallest absolute Gasteiger partial charge is 0.387 e. The normalized spacial score (nSPS) is 14.8. The lowest BCUT2D eigenvalue weighted by molar-refractivity contribution is 0.122. The lowest BCUT2D eigenvalue weighted by atomic mass is 10.1. The molecule has 0 aliphatic heterocycles. The van der Waals surface area contributed by atoms with Crippen molar-refractivity contribution in [2.24, 2.45) is 5.73 Å². The fraction of sp³-hybridized carbons (Fsp3) is 0.529. The zero-order valence-electron chi connectivity index (χ0n) is 14.6. The first-order valence-electron chi connectivity index (χ1n) is 7.95. The SMILES string of the molecule is CO[Si](CCCC(NC=Cc1ccccc1)C(C)N)(OC)OC.